The van der Waals surface area contributed by atoms with E-state index in [4.69, 9.17) is 19.9 Å². The number of halogens is 1. The number of methoxy groups -OCH3 is 2. The number of benzene rings is 2. The van der Waals surface area contributed by atoms with Crippen LogP contribution in [0, 0.1) is 5.82 Å². The van der Waals surface area contributed by atoms with Crippen LogP contribution >= 0.6 is 0 Å². The van der Waals surface area contributed by atoms with E-state index in [1.54, 1.807) is 38.5 Å². The van der Waals surface area contributed by atoms with Gasteiger partial charge in [0.25, 0.3) is 0 Å². The molecule has 0 heterocycles. The highest BCUT2D eigenvalue weighted by Crippen LogP contribution is 2.40. The van der Waals surface area contributed by atoms with Crippen molar-refractivity contribution in [1.29, 1.82) is 0 Å². The summed E-state index contributed by atoms with van der Waals surface area (Å²) in [5, 5.41) is 0. The third-order valence-electron chi connectivity index (χ3n) is 3.03. The first kappa shape index (κ1) is 15.1. The third kappa shape index (κ3) is 3.44. The zero-order chi connectivity index (χ0) is 15.2. The quantitative estimate of drug-likeness (QED) is 0.888. The topological polar surface area (TPSA) is 53.7 Å². The lowest BCUT2D eigenvalue weighted by molar-refractivity contribution is 0.345. The Bertz CT molecular complexity index is 594. The standard InChI is InChI=1S/C16H18FNO3/c1-19-14-4-3-5-15(20-2)16(14)21-13-7-6-12(17)10-11(13)8-9-18/h3-7,10H,8-9,18H2,1-2H3. The molecule has 2 aromatic rings. The molecule has 112 valence electrons. The number of ether oxygens (including phenoxy) is 3. The van der Waals surface area contributed by atoms with Crippen LogP contribution in [0.15, 0.2) is 36.4 Å². The molecule has 4 nitrogen and oxygen atoms in total. The van der Waals surface area contributed by atoms with E-state index in [0.717, 1.165) is 0 Å². The zero-order valence-corrected chi connectivity index (χ0v) is 12.1. The van der Waals surface area contributed by atoms with Crippen molar-refractivity contribution in [2.24, 2.45) is 5.73 Å². The second-order valence-corrected chi connectivity index (χ2v) is 4.38. The fourth-order valence-electron chi connectivity index (χ4n) is 2.03. The summed E-state index contributed by atoms with van der Waals surface area (Å²) in [6, 6.07) is 9.68. The van der Waals surface area contributed by atoms with Gasteiger partial charge in [0.2, 0.25) is 5.75 Å². The minimum absolute atomic E-state index is 0.321. The number of rotatable bonds is 6. The van der Waals surface area contributed by atoms with Gasteiger partial charge in [0.1, 0.15) is 11.6 Å². The predicted molar refractivity (Wildman–Crippen MR) is 78.8 cm³/mol. The summed E-state index contributed by atoms with van der Waals surface area (Å²) in [5.74, 6) is 1.74. The van der Waals surface area contributed by atoms with Gasteiger partial charge < -0.3 is 19.9 Å². The van der Waals surface area contributed by atoms with Crippen molar-refractivity contribution in [3.05, 3.63) is 47.8 Å². The van der Waals surface area contributed by atoms with E-state index < -0.39 is 0 Å². The van der Waals surface area contributed by atoms with Crippen LogP contribution < -0.4 is 19.9 Å². The van der Waals surface area contributed by atoms with Crippen molar-refractivity contribution in [2.45, 2.75) is 6.42 Å². The molecular formula is C16H18FNO3. The molecule has 5 heteroatoms. The largest absolute Gasteiger partial charge is 0.493 e. The molecule has 0 atom stereocenters. The summed E-state index contributed by atoms with van der Waals surface area (Å²) in [7, 11) is 3.10. The summed E-state index contributed by atoms with van der Waals surface area (Å²) in [6.45, 7) is 0.406. The van der Waals surface area contributed by atoms with Gasteiger partial charge in [-0.05, 0) is 48.9 Å². The summed E-state index contributed by atoms with van der Waals surface area (Å²) < 4.78 is 29.8. The zero-order valence-electron chi connectivity index (χ0n) is 12.1. The molecular weight excluding hydrogens is 273 g/mol. The maximum atomic E-state index is 13.4. The van der Waals surface area contributed by atoms with E-state index in [0.29, 0.717) is 41.5 Å². The second kappa shape index (κ2) is 6.95. The van der Waals surface area contributed by atoms with Crippen molar-refractivity contribution in [1.82, 2.24) is 0 Å². The first-order chi connectivity index (χ1) is 10.2. The van der Waals surface area contributed by atoms with E-state index >= 15 is 0 Å². The molecule has 0 spiro atoms. The van der Waals surface area contributed by atoms with Gasteiger partial charge in [-0.15, -0.1) is 0 Å². The van der Waals surface area contributed by atoms with Gasteiger partial charge in [0, 0.05) is 0 Å². The molecule has 21 heavy (non-hydrogen) atoms. The molecule has 2 aromatic carbocycles. The van der Waals surface area contributed by atoms with Crippen LogP contribution in [0.5, 0.6) is 23.0 Å². The molecule has 2 rings (SSSR count). The Balaban J connectivity index is 2.42. The minimum Gasteiger partial charge on any atom is -0.493 e. The van der Waals surface area contributed by atoms with Gasteiger partial charge in [-0.2, -0.15) is 0 Å². The maximum absolute atomic E-state index is 13.4. The molecule has 0 radical (unpaired) electrons. The van der Waals surface area contributed by atoms with Crippen LogP contribution in [-0.4, -0.2) is 20.8 Å². The van der Waals surface area contributed by atoms with Gasteiger partial charge in [0.05, 0.1) is 14.2 Å². The fourth-order valence-corrected chi connectivity index (χ4v) is 2.03. The van der Waals surface area contributed by atoms with E-state index in [9.17, 15) is 4.39 Å². The second-order valence-electron chi connectivity index (χ2n) is 4.38. The van der Waals surface area contributed by atoms with E-state index in [1.807, 2.05) is 0 Å². The average Bonchev–Trinajstić information content (AvgIpc) is 2.50. The molecule has 0 amide bonds. The summed E-state index contributed by atoms with van der Waals surface area (Å²) in [4.78, 5) is 0. The van der Waals surface area contributed by atoms with E-state index in [-0.39, 0.29) is 5.82 Å². The molecule has 0 saturated heterocycles. The highest BCUT2D eigenvalue weighted by molar-refractivity contribution is 5.53. The molecule has 0 fully saturated rings. The minimum atomic E-state index is -0.321. The molecule has 0 aliphatic heterocycles. The third-order valence-corrected chi connectivity index (χ3v) is 3.03. The Morgan fingerprint density at radius 2 is 1.67 bits per heavy atom. The molecule has 0 bridgehead atoms. The van der Waals surface area contributed by atoms with E-state index in [1.165, 1.54) is 12.1 Å². The van der Waals surface area contributed by atoms with Crippen LogP contribution in [-0.2, 0) is 6.42 Å². The lowest BCUT2D eigenvalue weighted by atomic mass is 10.1. The van der Waals surface area contributed by atoms with Crippen LogP contribution in [0.25, 0.3) is 0 Å². The SMILES string of the molecule is COc1cccc(OC)c1Oc1ccc(F)cc1CCN. The van der Waals surface area contributed by atoms with Crippen LogP contribution in [0.4, 0.5) is 4.39 Å². The predicted octanol–water partition coefficient (Wildman–Crippen LogP) is 3.14. The first-order valence-corrected chi connectivity index (χ1v) is 6.57. The smallest absolute Gasteiger partial charge is 0.211 e. The number of hydrogen-bond acceptors (Lipinski definition) is 4. The van der Waals surface area contributed by atoms with Crippen LogP contribution in [0.2, 0.25) is 0 Å². The highest BCUT2D eigenvalue weighted by atomic mass is 19.1. The van der Waals surface area contributed by atoms with Gasteiger partial charge in [-0.25, -0.2) is 4.39 Å². The number of nitrogens with two attached hydrogens (primary N) is 1. The Labute approximate surface area is 123 Å². The Hall–Kier alpha value is -2.27. The van der Waals surface area contributed by atoms with Gasteiger partial charge in [0.15, 0.2) is 11.5 Å². The molecule has 2 N–H and O–H groups in total. The molecule has 0 unspecified atom stereocenters. The Morgan fingerprint density at radius 3 is 2.24 bits per heavy atom. The fraction of sp³-hybridized carbons (Fsp3) is 0.250. The normalized spacial score (nSPS) is 10.3. The molecule has 0 aromatic heterocycles. The van der Waals surface area contributed by atoms with Crippen molar-refractivity contribution >= 4 is 0 Å². The Morgan fingerprint density at radius 1 is 1.00 bits per heavy atom. The van der Waals surface area contributed by atoms with Crippen molar-refractivity contribution in [3.63, 3.8) is 0 Å². The molecule has 0 aliphatic carbocycles. The van der Waals surface area contributed by atoms with Crippen LogP contribution in [0.1, 0.15) is 5.56 Å². The lowest BCUT2D eigenvalue weighted by Crippen LogP contribution is -2.05. The van der Waals surface area contributed by atoms with Crippen molar-refractivity contribution < 1.29 is 18.6 Å². The average molecular weight is 291 g/mol. The van der Waals surface area contributed by atoms with Crippen LogP contribution in [0.3, 0.4) is 0 Å². The lowest BCUT2D eigenvalue weighted by Gasteiger charge is -2.16. The first-order valence-electron chi connectivity index (χ1n) is 6.57. The number of para-hydroxylation sites is 1. The summed E-state index contributed by atoms with van der Waals surface area (Å²) in [6.07, 6.45) is 0.518. The maximum Gasteiger partial charge on any atom is 0.211 e. The van der Waals surface area contributed by atoms with Gasteiger partial charge in [-0.3, -0.25) is 0 Å². The van der Waals surface area contributed by atoms with Gasteiger partial charge >= 0.3 is 0 Å². The van der Waals surface area contributed by atoms with Crippen molar-refractivity contribution in [3.8, 4) is 23.0 Å². The summed E-state index contributed by atoms with van der Waals surface area (Å²) in [5.41, 5.74) is 6.26. The van der Waals surface area contributed by atoms with E-state index in [2.05, 4.69) is 0 Å². The van der Waals surface area contributed by atoms with Crippen molar-refractivity contribution in [2.75, 3.05) is 20.8 Å². The highest BCUT2D eigenvalue weighted by Gasteiger charge is 2.14. The number of hydrogen-bond donors (Lipinski definition) is 1. The summed E-state index contributed by atoms with van der Waals surface area (Å²) >= 11 is 0. The monoisotopic (exact) mass is 291 g/mol. The van der Waals surface area contributed by atoms with Gasteiger partial charge in [-0.1, -0.05) is 6.07 Å². The Kier molecular flexibility index (Phi) is 5.00. The molecule has 0 aliphatic rings. The molecule has 0 saturated carbocycles.